The standard InChI is InChI=1S/C19H21ClN4/c20-18-4-1-3-16-5-6-17(22-19(16)18)14-23-11-7-15(8-12-23)13-24-10-2-9-21-24/h1-6,9-10,15H,7-8,11-14H2. The topological polar surface area (TPSA) is 34.0 Å². The molecule has 0 saturated carbocycles. The first-order valence-electron chi connectivity index (χ1n) is 8.52. The zero-order valence-corrected chi connectivity index (χ0v) is 14.4. The number of likely N-dealkylation sites (tertiary alicyclic amines) is 1. The Labute approximate surface area is 147 Å². The van der Waals surface area contributed by atoms with Gasteiger partial charge in [-0.3, -0.25) is 9.58 Å². The van der Waals surface area contributed by atoms with Crippen molar-refractivity contribution in [3.05, 3.63) is 59.5 Å². The third-order valence-corrected chi connectivity index (χ3v) is 5.13. The number of hydrogen-bond donors (Lipinski definition) is 0. The van der Waals surface area contributed by atoms with Crippen LogP contribution in [0.4, 0.5) is 0 Å². The molecule has 0 radical (unpaired) electrons. The zero-order chi connectivity index (χ0) is 16.4. The number of fused-ring (bicyclic) bond motifs is 1. The summed E-state index contributed by atoms with van der Waals surface area (Å²) < 4.78 is 2.05. The van der Waals surface area contributed by atoms with Crippen molar-refractivity contribution in [3.8, 4) is 0 Å². The Morgan fingerprint density at radius 3 is 2.75 bits per heavy atom. The molecule has 1 aliphatic heterocycles. The summed E-state index contributed by atoms with van der Waals surface area (Å²) in [4.78, 5) is 7.25. The Balaban J connectivity index is 1.37. The van der Waals surface area contributed by atoms with E-state index in [2.05, 4.69) is 34.4 Å². The van der Waals surface area contributed by atoms with Gasteiger partial charge in [0.15, 0.2) is 0 Å². The van der Waals surface area contributed by atoms with Gasteiger partial charge in [-0.25, -0.2) is 4.98 Å². The smallest absolute Gasteiger partial charge is 0.0891 e. The molecule has 0 N–H and O–H groups in total. The highest BCUT2D eigenvalue weighted by molar-refractivity contribution is 6.35. The van der Waals surface area contributed by atoms with Crippen molar-refractivity contribution in [1.82, 2.24) is 19.7 Å². The third kappa shape index (κ3) is 3.45. The molecule has 1 aromatic carbocycles. The number of benzene rings is 1. The van der Waals surface area contributed by atoms with E-state index in [1.807, 2.05) is 29.1 Å². The molecule has 0 unspecified atom stereocenters. The van der Waals surface area contributed by atoms with Gasteiger partial charge in [0.2, 0.25) is 0 Å². The highest BCUT2D eigenvalue weighted by Gasteiger charge is 2.20. The predicted octanol–water partition coefficient (Wildman–Crippen LogP) is 4.00. The van der Waals surface area contributed by atoms with Crippen LogP contribution in [0.5, 0.6) is 0 Å². The first-order valence-corrected chi connectivity index (χ1v) is 8.90. The number of hydrogen-bond acceptors (Lipinski definition) is 3. The van der Waals surface area contributed by atoms with Crippen LogP contribution in [0.3, 0.4) is 0 Å². The lowest BCUT2D eigenvalue weighted by Gasteiger charge is -2.31. The minimum Gasteiger partial charge on any atom is -0.297 e. The number of rotatable bonds is 4. The van der Waals surface area contributed by atoms with E-state index in [1.165, 1.54) is 12.8 Å². The molecule has 5 heteroatoms. The van der Waals surface area contributed by atoms with Crippen molar-refractivity contribution < 1.29 is 0 Å². The lowest BCUT2D eigenvalue weighted by atomic mass is 9.97. The third-order valence-electron chi connectivity index (χ3n) is 4.83. The van der Waals surface area contributed by atoms with Crippen LogP contribution in [0.1, 0.15) is 18.5 Å². The summed E-state index contributed by atoms with van der Waals surface area (Å²) in [5.74, 6) is 0.722. The van der Waals surface area contributed by atoms with Gasteiger partial charge in [0, 0.05) is 30.9 Å². The Hall–Kier alpha value is -1.91. The molecule has 0 atom stereocenters. The molecular formula is C19H21ClN4. The molecule has 3 aromatic rings. The van der Waals surface area contributed by atoms with Crippen LogP contribution in [0, 0.1) is 5.92 Å². The zero-order valence-electron chi connectivity index (χ0n) is 13.6. The Bertz CT molecular complexity index is 807. The van der Waals surface area contributed by atoms with Crippen LogP contribution in [0.25, 0.3) is 10.9 Å². The summed E-state index contributed by atoms with van der Waals surface area (Å²) in [5, 5.41) is 6.14. The Morgan fingerprint density at radius 1 is 1.08 bits per heavy atom. The van der Waals surface area contributed by atoms with Gasteiger partial charge in [0.05, 0.1) is 16.2 Å². The fourth-order valence-corrected chi connectivity index (χ4v) is 3.69. The lowest BCUT2D eigenvalue weighted by molar-refractivity contribution is 0.163. The molecule has 2 aromatic heterocycles. The fraction of sp³-hybridized carbons (Fsp3) is 0.368. The second-order valence-electron chi connectivity index (χ2n) is 6.56. The van der Waals surface area contributed by atoms with Gasteiger partial charge in [0.1, 0.15) is 0 Å². The summed E-state index contributed by atoms with van der Waals surface area (Å²) in [6, 6.07) is 12.2. The van der Waals surface area contributed by atoms with Crippen LogP contribution in [-0.4, -0.2) is 32.8 Å². The van der Waals surface area contributed by atoms with Gasteiger partial charge in [-0.05, 0) is 50.0 Å². The quantitative estimate of drug-likeness (QED) is 0.720. The van der Waals surface area contributed by atoms with E-state index in [0.29, 0.717) is 0 Å². The first-order chi connectivity index (χ1) is 11.8. The summed E-state index contributed by atoms with van der Waals surface area (Å²) >= 11 is 6.27. The molecular weight excluding hydrogens is 320 g/mol. The first kappa shape index (κ1) is 15.6. The van der Waals surface area contributed by atoms with E-state index in [9.17, 15) is 0 Å². The molecule has 0 spiro atoms. The fourth-order valence-electron chi connectivity index (χ4n) is 3.47. The molecule has 0 amide bonds. The second kappa shape index (κ2) is 6.91. The molecule has 24 heavy (non-hydrogen) atoms. The lowest BCUT2D eigenvalue weighted by Crippen LogP contribution is -2.34. The van der Waals surface area contributed by atoms with E-state index in [4.69, 9.17) is 16.6 Å². The highest BCUT2D eigenvalue weighted by Crippen LogP contribution is 2.23. The SMILES string of the molecule is Clc1cccc2ccc(CN3CCC(Cn4cccn4)CC3)nc12. The van der Waals surface area contributed by atoms with Crippen molar-refractivity contribution in [2.24, 2.45) is 5.92 Å². The van der Waals surface area contributed by atoms with Crippen molar-refractivity contribution >= 4 is 22.5 Å². The Kier molecular flexibility index (Phi) is 4.50. The second-order valence-corrected chi connectivity index (χ2v) is 6.97. The normalized spacial score (nSPS) is 16.7. The number of aromatic nitrogens is 3. The van der Waals surface area contributed by atoms with Crippen LogP contribution >= 0.6 is 11.6 Å². The average Bonchev–Trinajstić information content (AvgIpc) is 3.10. The summed E-state index contributed by atoms with van der Waals surface area (Å²) in [5.41, 5.74) is 2.01. The summed E-state index contributed by atoms with van der Waals surface area (Å²) in [6.07, 6.45) is 6.34. The van der Waals surface area contributed by atoms with E-state index < -0.39 is 0 Å². The summed E-state index contributed by atoms with van der Waals surface area (Å²) in [7, 11) is 0. The molecule has 0 aliphatic carbocycles. The van der Waals surface area contributed by atoms with Gasteiger partial charge < -0.3 is 0 Å². The van der Waals surface area contributed by atoms with E-state index >= 15 is 0 Å². The number of halogens is 1. The van der Waals surface area contributed by atoms with E-state index in [0.717, 1.165) is 53.7 Å². The van der Waals surface area contributed by atoms with Crippen molar-refractivity contribution in [3.63, 3.8) is 0 Å². The van der Waals surface area contributed by atoms with E-state index in [1.54, 1.807) is 0 Å². The molecule has 4 rings (SSSR count). The molecule has 1 saturated heterocycles. The minimum atomic E-state index is 0.722. The van der Waals surface area contributed by atoms with Crippen LogP contribution in [0.15, 0.2) is 48.8 Å². The maximum atomic E-state index is 6.27. The van der Waals surface area contributed by atoms with Crippen molar-refractivity contribution in [2.75, 3.05) is 13.1 Å². The highest BCUT2D eigenvalue weighted by atomic mass is 35.5. The maximum absolute atomic E-state index is 6.27. The Morgan fingerprint density at radius 2 is 1.96 bits per heavy atom. The molecule has 4 nitrogen and oxygen atoms in total. The maximum Gasteiger partial charge on any atom is 0.0891 e. The van der Waals surface area contributed by atoms with Crippen LogP contribution < -0.4 is 0 Å². The van der Waals surface area contributed by atoms with E-state index in [-0.39, 0.29) is 0 Å². The van der Waals surface area contributed by atoms with Gasteiger partial charge in [-0.2, -0.15) is 5.10 Å². The predicted molar refractivity (Wildman–Crippen MR) is 97.0 cm³/mol. The summed E-state index contributed by atoms with van der Waals surface area (Å²) in [6.45, 7) is 4.17. The average molecular weight is 341 g/mol. The van der Waals surface area contributed by atoms with Gasteiger partial charge in [0.25, 0.3) is 0 Å². The van der Waals surface area contributed by atoms with Crippen molar-refractivity contribution in [2.45, 2.75) is 25.9 Å². The molecule has 3 heterocycles. The number of nitrogens with zero attached hydrogens (tertiary/aromatic N) is 4. The molecule has 0 bridgehead atoms. The van der Waals surface area contributed by atoms with Crippen LogP contribution in [0.2, 0.25) is 5.02 Å². The molecule has 124 valence electrons. The monoisotopic (exact) mass is 340 g/mol. The van der Waals surface area contributed by atoms with Crippen molar-refractivity contribution in [1.29, 1.82) is 0 Å². The van der Waals surface area contributed by atoms with Gasteiger partial charge in [-0.1, -0.05) is 29.8 Å². The molecule has 1 fully saturated rings. The minimum absolute atomic E-state index is 0.722. The number of pyridine rings is 1. The number of piperidine rings is 1. The number of para-hydroxylation sites is 1. The molecule has 1 aliphatic rings. The van der Waals surface area contributed by atoms with Gasteiger partial charge in [-0.15, -0.1) is 0 Å². The largest absolute Gasteiger partial charge is 0.297 e. The van der Waals surface area contributed by atoms with Gasteiger partial charge >= 0.3 is 0 Å². The van der Waals surface area contributed by atoms with Crippen LogP contribution in [-0.2, 0) is 13.1 Å².